The number of nitrogens with zero attached hydrogens (tertiary/aromatic N) is 1. The molecule has 0 heterocycles. The van der Waals surface area contributed by atoms with Crippen LogP contribution in [-0.2, 0) is 6.54 Å². The van der Waals surface area contributed by atoms with E-state index in [2.05, 4.69) is 39.6 Å². The fourth-order valence-corrected chi connectivity index (χ4v) is 2.22. The van der Waals surface area contributed by atoms with Crippen molar-refractivity contribution in [2.24, 2.45) is 4.99 Å². The lowest BCUT2D eigenvalue weighted by atomic mass is 10.1. The Morgan fingerprint density at radius 1 is 1.12 bits per heavy atom. The number of halogens is 1. The summed E-state index contributed by atoms with van der Waals surface area (Å²) in [6.07, 6.45) is 1.69. The lowest BCUT2D eigenvalue weighted by Crippen LogP contribution is -2.26. The minimum atomic E-state index is 0.0648. The summed E-state index contributed by atoms with van der Waals surface area (Å²) in [5, 5.41) is 16.2. The van der Waals surface area contributed by atoms with Gasteiger partial charge < -0.3 is 15.7 Å². The monoisotopic (exact) mass is 341 g/mol. The summed E-state index contributed by atoms with van der Waals surface area (Å²) in [6.45, 7) is 2.47. The van der Waals surface area contributed by atoms with Crippen molar-refractivity contribution >= 4 is 17.9 Å². The molecule has 0 spiro atoms. The van der Waals surface area contributed by atoms with Crippen molar-refractivity contribution in [2.45, 2.75) is 6.54 Å². The molecule has 0 aliphatic carbocycles. The van der Waals surface area contributed by atoms with Crippen LogP contribution >= 0.6 is 11.6 Å². The molecule has 0 saturated heterocycles. The SMILES string of the molecule is CN=CNCCNCc1cccc(C#Cc2ccc(O)c(Cl)c2)c1. The highest BCUT2D eigenvalue weighted by Gasteiger charge is 1.98. The summed E-state index contributed by atoms with van der Waals surface area (Å²) < 4.78 is 0. The van der Waals surface area contributed by atoms with Gasteiger partial charge in [0.25, 0.3) is 0 Å². The fraction of sp³-hybridized carbons (Fsp3) is 0.211. The van der Waals surface area contributed by atoms with Crippen molar-refractivity contribution in [2.75, 3.05) is 20.1 Å². The van der Waals surface area contributed by atoms with Gasteiger partial charge in [0.15, 0.2) is 0 Å². The zero-order valence-electron chi connectivity index (χ0n) is 13.5. The molecule has 0 bridgehead atoms. The van der Waals surface area contributed by atoms with Gasteiger partial charge in [0.2, 0.25) is 0 Å². The van der Waals surface area contributed by atoms with Crippen molar-refractivity contribution < 1.29 is 5.11 Å². The van der Waals surface area contributed by atoms with Gasteiger partial charge in [-0.25, -0.2) is 0 Å². The Balaban J connectivity index is 1.93. The summed E-state index contributed by atoms with van der Waals surface area (Å²) in [7, 11) is 1.74. The third-order valence-electron chi connectivity index (χ3n) is 3.22. The number of aromatic hydroxyl groups is 1. The predicted octanol–water partition coefficient (Wildman–Crippen LogP) is 2.78. The van der Waals surface area contributed by atoms with Gasteiger partial charge in [-0.1, -0.05) is 35.6 Å². The van der Waals surface area contributed by atoms with Crippen molar-refractivity contribution in [1.29, 1.82) is 0 Å². The maximum atomic E-state index is 9.42. The van der Waals surface area contributed by atoms with Gasteiger partial charge in [-0.15, -0.1) is 0 Å². The van der Waals surface area contributed by atoms with Crippen molar-refractivity contribution in [3.05, 3.63) is 64.2 Å². The minimum Gasteiger partial charge on any atom is -0.506 e. The Kier molecular flexibility index (Phi) is 7.16. The number of nitrogens with one attached hydrogen (secondary N) is 2. The quantitative estimate of drug-likeness (QED) is 0.328. The first-order valence-corrected chi connectivity index (χ1v) is 8.01. The number of rotatable bonds is 6. The summed E-state index contributed by atoms with van der Waals surface area (Å²) >= 11 is 5.88. The molecule has 0 fully saturated rings. The second-order valence-corrected chi connectivity index (χ2v) is 5.54. The molecule has 5 heteroatoms. The third kappa shape index (κ3) is 5.96. The van der Waals surface area contributed by atoms with E-state index in [1.165, 1.54) is 5.56 Å². The standard InChI is InChI=1S/C19H20ClN3O/c1-21-14-23-10-9-22-13-17-4-2-3-15(11-17)5-6-16-7-8-19(24)18(20)12-16/h2-4,7-8,11-12,14,22,24H,9-10,13H2,1H3,(H,21,23). The zero-order valence-corrected chi connectivity index (χ0v) is 14.3. The van der Waals surface area contributed by atoms with Crippen LogP contribution in [0.2, 0.25) is 5.02 Å². The largest absolute Gasteiger partial charge is 0.506 e. The minimum absolute atomic E-state index is 0.0648. The molecule has 0 atom stereocenters. The van der Waals surface area contributed by atoms with E-state index in [9.17, 15) is 5.11 Å². The van der Waals surface area contributed by atoms with E-state index >= 15 is 0 Å². The van der Waals surface area contributed by atoms with Crippen LogP contribution in [-0.4, -0.2) is 31.6 Å². The molecule has 3 N–H and O–H groups in total. The lowest BCUT2D eigenvalue weighted by Gasteiger charge is -2.05. The highest BCUT2D eigenvalue weighted by molar-refractivity contribution is 6.32. The van der Waals surface area contributed by atoms with Crippen LogP contribution < -0.4 is 10.6 Å². The first kappa shape index (κ1) is 17.9. The van der Waals surface area contributed by atoms with E-state index in [0.29, 0.717) is 5.02 Å². The van der Waals surface area contributed by atoms with Gasteiger partial charge >= 0.3 is 0 Å². The van der Waals surface area contributed by atoms with Crippen molar-refractivity contribution in [3.63, 3.8) is 0 Å². The first-order valence-electron chi connectivity index (χ1n) is 7.63. The predicted molar refractivity (Wildman–Crippen MR) is 99.7 cm³/mol. The Morgan fingerprint density at radius 2 is 1.92 bits per heavy atom. The fourth-order valence-electron chi connectivity index (χ4n) is 2.04. The molecule has 24 heavy (non-hydrogen) atoms. The normalized spacial score (nSPS) is 10.4. The smallest absolute Gasteiger partial charge is 0.134 e. The molecular formula is C19H20ClN3O. The Labute approximate surface area is 147 Å². The Hall–Kier alpha value is -2.48. The van der Waals surface area contributed by atoms with Crippen LogP contribution in [0.1, 0.15) is 16.7 Å². The van der Waals surface area contributed by atoms with Crippen LogP contribution in [0.3, 0.4) is 0 Å². The van der Waals surface area contributed by atoms with Crippen LogP contribution in [0.5, 0.6) is 5.75 Å². The number of phenols is 1. The van der Waals surface area contributed by atoms with Crippen molar-refractivity contribution in [1.82, 2.24) is 10.6 Å². The maximum absolute atomic E-state index is 9.42. The van der Waals surface area contributed by atoms with Gasteiger partial charge in [0.1, 0.15) is 5.75 Å². The van der Waals surface area contributed by atoms with Crippen molar-refractivity contribution in [3.8, 4) is 17.6 Å². The number of benzene rings is 2. The molecule has 4 nitrogen and oxygen atoms in total. The van der Waals surface area contributed by atoms with Crippen LogP contribution in [0.15, 0.2) is 47.5 Å². The lowest BCUT2D eigenvalue weighted by molar-refractivity contribution is 0.475. The van der Waals surface area contributed by atoms with E-state index in [-0.39, 0.29) is 5.75 Å². The Bertz CT molecular complexity index is 763. The highest BCUT2D eigenvalue weighted by atomic mass is 35.5. The molecule has 0 amide bonds. The summed E-state index contributed by atoms with van der Waals surface area (Å²) in [5.41, 5.74) is 2.88. The van der Waals surface area contributed by atoms with Gasteiger partial charge in [0.05, 0.1) is 11.4 Å². The van der Waals surface area contributed by atoms with E-state index in [0.717, 1.165) is 30.8 Å². The highest BCUT2D eigenvalue weighted by Crippen LogP contribution is 2.23. The number of aliphatic imine (C=N–C) groups is 1. The summed E-state index contributed by atoms with van der Waals surface area (Å²) in [6, 6.07) is 13.0. The van der Waals surface area contributed by atoms with E-state index in [4.69, 9.17) is 11.6 Å². The molecule has 2 rings (SSSR count). The molecule has 2 aromatic rings. The molecule has 0 saturated carbocycles. The second-order valence-electron chi connectivity index (χ2n) is 5.13. The second kappa shape index (κ2) is 9.61. The van der Waals surface area contributed by atoms with Gasteiger partial charge in [-0.2, -0.15) is 0 Å². The van der Waals surface area contributed by atoms with Crippen LogP contribution in [0, 0.1) is 11.8 Å². The number of hydrogen-bond acceptors (Lipinski definition) is 3. The van der Waals surface area contributed by atoms with Gasteiger partial charge in [0, 0.05) is 37.8 Å². The topological polar surface area (TPSA) is 56.7 Å². The van der Waals surface area contributed by atoms with E-state index < -0.39 is 0 Å². The average Bonchev–Trinajstić information content (AvgIpc) is 2.59. The average molecular weight is 342 g/mol. The molecular weight excluding hydrogens is 322 g/mol. The number of phenolic OH excluding ortho intramolecular Hbond substituents is 1. The van der Waals surface area contributed by atoms with E-state index in [1.54, 1.807) is 31.6 Å². The van der Waals surface area contributed by atoms with E-state index in [1.807, 2.05) is 12.1 Å². The summed E-state index contributed by atoms with van der Waals surface area (Å²) in [5.74, 6) is 6.24. The molecule has 0 unspecified atom stereocenters. The first-order chi connectivity index (χ1) is 11.7. The molecule has 0 aliphatic heterocycles. The molecule has 0 aromatic heterocycles. The van der Waals surface area contributed by atoms with Gasteiger partial charge in [-0.3, -0.25) is 4.99 Å². The maximum Gasteiger partial charge on any atom is 0.134 e. The van der Waals surface area contributed by atoms with Crippen LogP contribution in [0.4, 0.5) is 0 Å². The summed E-state index contributed by atoms with van der Waals surface area (Å²) in [4.78, 5) is 3.86. The zero-order chi connectivity index (χ0) is 17.2. The molecule has 0 aliphatic rings. The number of hydrogen-bond donors (Lipinski definition) is 3. The third-order valence-corrected chi connectivity index (χ3v) is 3.52. The van der Waals surface area contributed by atoms with Crippen LogP contribution in [0.25, 0.3) is 0 Å². The molecule has 0 radical (unpaired) electrons. The Morgan fingerprint density at radius 3 is 2.67 bits per heavy atom. The molecule has 124 valence electrons. The van der Waals surface area contributed by atoms with Gasteiger partial charge in [-0.05, 0) is 35.9 Å². The molecule has 2 aromatic carbocycles.